The Hall–Kier alpha value is -1.38. The molecule has 17 heavy (non-hydrogen) atoms. The molecule has 0 saturated heterocycles. The maximum atomic E-state index is 13.5. The van der Waals surface area contributed by atoms with Gasteiger partial charge in [0, 0.05) is 11.1 Å². The van der Waals surface area contributed by atoms with Crippen molar-refractivity contribution in [1.29, 1.82) is 0 Å². The molecule has 0 aliphatic carbocycles. The second kappa shape index (κ2) is 5.30. The van der Waals surface area contributed by atoms with Crippen molar-refractivity contribution in [1.82, 2.24) is 0 Å². The second-order valence-electron chi connectivity index (χ2n) is 3.95. The number of hydrogen-bond acceptors (Lipinski definition) is 1. The highest BCUT2D eigenvalue weighted by Gasteiger charge is 2.09. The van der Waals surface area contributed by atoms with Gasteiger partial charge in [0.25, 0.3) is 0 Å². The molecule has 0 heterocycles. The topological polar surface area (TPSA) is 26.0 Å². The zero-order chi connectivity index (χ0) is 12.3. The Bertz CT molecular complexity index is 496. The Morgan fingerprint density at radius 2 is 1.71 bits per heavy atom. The van der Waals surface area contributed by atoms with Crippen molar-refractivity contribution in [3.8, 4) is 0 Å². The summed E-state index contributed by atoms with van der Waals surface area (Å²) in [6.45, 7) is 0. The molecule has 1 unspecified atom stereocenters. The van der Waals surface area contributed by atoms with Crippen LogP contribution in [0, 0.1) is 5.82 Å². The molecule has 1 atom stereocenters. The molecule has 0 bridgehead atoms. The molecule has 0 saturated carbocycles. The van der Waals surface area contributed by atoms with Crippen molar-refractivity contribution in [2.45, 2.75) is 12.5 Å². The van der Waals surface area contributed by atoms with Gasteiger partial charge in [0.2, 0.25) is 0 Å². The van der Waals surface area contributed by atoms with E-state index in [2.05, 4.69) is 0 Å². The quantitative estimate of drug-likeness (QED) is 0.882. The van der Waals surface area contributed by atoms with Gasteiger partial charge in [0.15, 0.2) is 0 Å². The molecule has 1 nitrogen and oxygen atoms in total. The third-order valence-corrected chi connectivity index (χ3v) is 2.95. The van der Waals surface area contributed by atoms with E-state index in [1.54, 1.807) is 24.3 Å². The summed E-state index contributed by atoms with van der Waals surface area (Å²) in [4.78, 5) is 0. The van der Waals surface area contributed by atoms with E-state index in [1.165, 1.54) is 6.07 Å². The largest absolute Gasteiger partial charge is 0.324 e. The van der Waals surface area contributed by atoms with Crippen LogP contribution in [0.5, 0.6) is 0 Å². The number of rotatable bonds is 3. The van der Waals surface area contributed by atoms with Crippen LogP contribution >= 0.6 is 11.6 Å². The number of halogens is 2. The summed E-state index contributed by atoms with van der Waals surface area (Å²) in [6, 6.07) is 13.8. The molecule has 0 spiro atoms. The molecular formula is C14H13ClFN. The zero-order valence-corrected chi connectivity index (χ0v) is 9.99. The van der Waals surface area contributed by atoms with E-state index in [4.69, 9.17) is 17.3 Å². The Labute approximate surface area is 105 Å². The van der Waals surface area contributed by atoms with Crippen LogP contribution in [0.2, 0.25) is 5.02 Å². The lowest BCUT2D eigenvalue weighted by molar-refractivity contribution is 0.593. The average molecular weight is 250 g/mol. The maximum Gasteiger partial charge on any atom is 0.126 e. The molecule has 0 aliphatic heterocycles. The van der Waals surface area contributed by atoms with Gasteiger partial charge >= 0.3 is 0 Å². The maximum absolute atomic E-state index is 13.5. The lowest BCUT2D eigenvalue weighted by Crippen LogP contribution is -2.13. The van der Waals surface area contributed by atoms with Gasteiger partial charge in [-0.2, -0.15) is 0 Å². The minimum absolute atomic E-state index is 0.211. The van der Waals surface area contributed by atoms with E-state index >= 15 is 0 Å². The first-order valence-electron chi connectivity index (χ1n) is 5.41. The van der Waals surface area contributed by atoms with Crippen LogP contribution in [0.3, 0.4) is 0 Å². The summed E-state index contributed by atoms with van der Waals surface area (Å²) in [5.74, 6) is -0.211. The smallest absolute Gasteiger partial charge is 0.126 e. The van der Waals surface area contributed by atoms with Crippen molar-refractivity contribution in [3.63, 3.8) is 0 Å². The van der Waals surface area contributed by atoms with Crippen LogP contribution in [0.1, 0.15) is 17.2 Å². The summed E-state index contributed by atoms with van der Waals surface area (Å²) >= 11 is 5.80. The van der Waals surface area contributed by atoms with E-state index in [0.717, 1.165) is 5.56 Å². The fourth-order valence-electron chi connectivity index (χ4n) is 1.73. The van der Waals surface area contributed by atoms with E-state index in [-0.39, 0.29) is 11.9 Å². The average Bonchev–Trinajstić information content (AvgIpc) is 2.33. The first-order chi connectivity index (χ1) is 8.16. The standard InChI is InChI=1S/C14H13ClFN/c15-12-7-5-10(6-8-12)14(17)9-11-3-1-2-4-13(11)16/h1-8,14H,9,17H2. The predicted molar refractivity (Wildman–Crippen MR) is 68.5 cm³/mol. The van der Waals surface area contributed by atoms with Crippen molar-refractivity contribution >= 4 is 11.6 Å². The molecule has 0 aromatic heterocycles. The SMILES string of the molecule is NC(Cc1ccccc1F)c1ccc(Cl)cc1. The lowest BCUT2D eigenvalue weighted by Gasteiger charge is -2.12. The summed E-state index contributed by atoms with van der Waals surface area (Å²) in [5.41, 5.74) is 7.63. The van der Waals surface area contributed by atoms with Gasteiger partial charge in [-0.1, -0.05) is 41.9 Å². The molecule has 0 amide bonds. The fourth-order valence-corrected chi connectivity index (χ4v) is 1.85. The monoisotopic (exact) mass is 249 g/mol. The number of nitrogens with two attached hydrogens (primary N) is 1. The van der Waals surface area contributed by atoms with Gasteiger partial charge < -0.3 is 5.73 Å². The zero-order valence-electron chi connectivity index (χ0n) is 9.24. The minimum atomic E-state index is -0.218. The third kappa shape index (κ3) is 3.05. The van der Waals surface area contributed by atoms with E-state index in [1.807, 2.05) is 18.2 Å². The van der Waals surface area contributed by atoms with Crippen LogP contribution < -0.4 is 5.73 Å². The van der Waals surface area contributed by atoms with Crippen molar-refractivity contribution in [2.75, 3.05) is 0 Å². The molecule has 2 N–H and O–H groups in total. The van der Waals surface area contributed by atoms with Crippen LogP contribution in [0.4, 0.5) is 4.39 Å². The molecule has 88 valence electrons. The van der Waals surface area contributed by atoms with Crippen LogP contribution in [-0.2, 0) is 6.42 Å². The van der Waals surface area contributed by atoms with Crippen molar-refractivity contribution in [2.24, 2.45) is 5.73 Å². The molecule has 2 aromatic carbocycles. The van der Waals surface area contributed by atoms with E-state index in [9.17, 15) is 4.39 Å². The summed E-state index contributed by atoms with van der Waals surface area (Å²) in [7, 11) is 0. The first-order valence-corrected chi connectivity index (χ1v) is 5.79. The lowest BCUT2D eigenvalue weighted by atomic mass is 9.99. The molecule has 3 heteroatoms. The van der Waals surface area contributed by atoms with Gasteiger partial charge in [-0.25, -0.2) is 4.39 Å². The van der Waals surface area contributed by atoms with Crippen molar-refractivity contribution < 1.29 is 4.39 Å². The highest BCUT2D eigenvalue weighted by Crippen LogP contribution is 2.19. The summed E-state index contributed by atoms with van der Waals surface area (Å²) in [6.07, 6.45) is 0.480. The molecule has 2 aromatic rings. The van der Waals surface area contributed by atoms with Crippen LogP contribution in [0.25, 0.3) is 0 Å². The molecule has 0 radical (unpaired) electrons. The second-order valence-corrected chi connectivity index (χ2v) is 4.39. The number of hydrogen-bond donors (Lipinski definition) is 1. The van der Waals surface area contributed by atoms with Gasteiger partial charge in [-0.15, -0.1) is 0 Å². The van der Waals surface area contributed by atoms with Gasteiger partial charge in [-0.3, -0.25) is 0 Å². The van der Waals surface area contributed by atoms with Gasteiger partial charge in [-0.05, 0) is 35.7 Å². The van der Waals surface area contributed by atoms with Crippen LogP contribution in [-0.4, -0.2) is 0 Å². The fraction of sp³-hybridized carbons (Fsp3) is 0.143. The highest BCUT2D eigenvalue weighted by molar-refractivity contribution is 6.30. The van der Waals surface area contributed by atoms with Gasteiger partial charge in [0.05, 0.1) is 0 Å². The number of benzene rings is 2. The van der Waals surface area contributed by atoms with E-state index in [0.29, 0.717) is 17.0 Å². The predicted octanol–water partition coefficient (Wildman–Crippen LogP) is 3.72. The molecule has 0 aliphatic rings. The summed E-state index contributed by atoms with van der Waals surface area (Å²) < 4.78 is 13.5. The van der Waals surface area contributed by atoms with Crippen molar-refractivity contribution in [3.05, 3.63) is 70.5 Å². The first kappa shape index (κ1) is 12.1. The molecule has 2 rings (SSSR count). The van der Waals surface area contributed by atoms with Gasteiger partial charge in [0.1, 0.15) is 5.82 Å². The molecular weight excluding hydrogens is 237 g/mol. The highest BCUT2D eigenvalue weighted by atomic mass is 35.5. The normalized spacial score (nSPS) is 12.4. The van der Waals surface area contributed by atoms with E-state index < -0.39 is 0 Å². The Kier molecular flexibility index (Phi) is 3.77. The Morgan fingerprint density at radius 1 is 1.06 bits per heavy atom. The third-order valence-electron chi connectivity index (χ3n) is 2.70. The summed E-state index contributed by atoms with van der Waals surface area (Å²) in [5, 5.41) is 0.673. The molecule has 0 fully saturated rings. The minimum Gasteiger partial charge on any atom is -0.324 e. The Balaban J connectivity index is 2.14. The van der Waals surface area contributed by atoms with Crippen LogP contribution in [0.15, 0.2) is 48.5 Å². The Morgan fingerprint density at radius 3 is 2.35 bits per heavy atom.